The van der Waals surface area contributed by atoms with E-state index in [-0.39, 0.29) is 17.6 Å². The first kappa shape index (κ1) is 26.0. The fourth-order valence-electron chi connectivity index (χ4n) is 6.33. The maximum absolute atomic E-state index is 14.5. The van der Waals surface area contributed by atoms with E-state index in [0.29, 0.717) is 12.1 Å². The number of fused-ring (bicyclic) bond motifs is 1. The number of para-hydroxylation sites is 1. The number of aryl methyl sites for hydroxylation is 3. The van der Waals surface area contributed by atoms with Crippen molar-refractivity contribution in [3.8, 4) is 0 Å². The van der Waals surface area contributed by atoms with E-state index in [0.717, 1.165) is 47.2 Å². The Kier molecular flexibility index (Phi) is 7.00. The third-order valence-electron chi connectivity index (χ3n) is 8.87. The molecule has 1 fully saturated rings. The standard InChI is InChI=1S/C34H38N2O2/c1-7-25-16-17-26(24(6)23(25)5)33(37)32-29(30-20-35(8-2)31-15-10-9-13-28(30)31)18-19-36(32)34(38)27-14-11-12-21(3)22(27)4/h9-17,20,29,32H,7-8,18-19H2,1-6H3. The number of rotatable bonds is 6. The van der Waals surface area contributed by atoms with E-state index in [9.17, 15) is 9.59 Å². The molecular formula is C34H38N2O2. The van der Waals surface area contributed by atoms with Gasteiger partial charge in [-0.2, -0.15) is 0 Å². The van der Waals surface area contributed by atoms with E-state index in [4.69, 9.17) is 0 Å². The van der Waals surface area contributed by atoms with Gasteiger partial charge in [-0.3, -0.25) is 9.59 Å². The highest BCUT2D eigenvalue weighted by Gasteiger charge is 2.44. The fraction of sp³-hybridized carbons (Fsp3) is 0.353. The number of carbonyl (C=O) groups excluding carboxylic acids is 2. The first-order valence-corrected chi connectivity index (χ1v) is 13.9. The third kappa shape index (κ3) is 4.16. The van der Waals surface area contributed by atoms with Crippen molar-refractivity contribution < 1.29 is 9.59 Å². The average molecular weight is 507 g/mol. The predicted molar refractivity (Wildman–Crippen MR) is 155 cm³/mol. The van der Waals surface area contributed by atoms with Gasteiger partial charge in [0, 0.05) is 47.2 Å². The van der Waals surface area contributed by atoms with Crippen LogP contribution >= 0.6 is 0 Å². The summed E-state index contributed by atoms with van der Waals surface area (Å²) in [5, 5.41) is 1.17. The SMILES string of the molecule is CCc1ccc(C(=O)C2C(c3cn(CC)c4ccccc34)CCN2C(=O)c2cccc(C)c2C)c(C)c1C. The largest absolute Gasteiger partial charge is 0.347 e. The van der Waals surface area contributed by atoms with Gasteiger partial charge in [-0.1, -0.05) is 49.4 Å². The molecule has 38 heavy (non-hydrogen) atoms. The molecule has 1 saturated heterocycles. The maximum atomic E-state index is 14.5. The van der Waals surface area contributed by atoms with Crippen molar-refractivity contribution in [3.63, 3.8) is 0 Å². The van der Waals surface area contributed by atoms with E-state index in [1.807, 2.05) is 49.9 Å². The molecule has 0 radical (unpaired) electrons. The molecule has 1 aliphatic heterocycles. The summed E-state index contributed by atoms with van der Waals surface area (Å²) < 4.78 is 2.26. The predicted octanol–water partition coefficient (Wildman–Crippen LogP) is 7.34. The summed E-state index contributed by atoms with van der Waals surface area (Å²) in [6, 6.07) is 17.8. The minimum Gasteiger partial charge on any atom is -0.347 e. The zero-order valence-electron chi connectivity index (χ0n) is 23.5. The van der Waals surface area contributed by atoms with Crippen LogP contribution in [0.15, 0.2) is 60.8 Å². The smallest absolute Gasteiger partial charge is 0.254 e. The monoisotopic (exact) mass is 506 g/mol. The summed E-state index contributed by atoms with van der Waals surface area (Å²) in [6.45, 7) is 13.9. The number of aromatic nitrogens is 1. The summed E-state index contributed by atoms with van der Waals surface area (Å²) >= 11 is 0. The zero-order valence-corrected chi connectivity index (χ0v) is 23.5. The average Bonchev–Trinajstić information content (AvgIpc) is 3.52. The quantitative estimate of drug-likeness (QED) is 0.257. The first-order chi connectivity index (χ1) is 18.3. The molecule has 0 N–H and O–H groups in total. The van der Waals surface area contributed by atoms with Crippen molar-refractivity contribution in [2.45, 2.75) is 72.9 Å². The Morgan fingerprint density at radius 1 is 0.842 bits per heavy atom. The lowest BCUT2D eigenvalue weighted by Gasteiger charge is -2.29. The van der Waals surface area contributed by atoms with Gasteiger partial charge in [0.1, 0.15) is 6.04 Å². The molecule has 3 aromatic carbocycles. The van der Waals surface area contributed by atoms with E-state index in [1.165, 1.54) is 22.0 Å². The molecule has 4 aromatic rings. The lowest BCUT2D eigenvalue weighted by Crippen LogP contribution is -2.43. The van der Waals surface area contributed by atoms with E-state index in [1.54, 1.807) is 0 Å². The van der Waals surface area contributed by atoms with Gasteiger partial charge < -0.3 is 9.47 Å². The zero-order chi connectivity index (χ0) is 27.1. The molecule has 1 amide bonds. The molecule has 0 spiro atoms. The summed E-state index contributed by atoms with van der Waals surface area (Å²) in [5.41, 5.74) is 9.28. The Balaban J connectivity index is 1.66. The van der Waals surface area contributed by atoms with Crippen LogP contribution in [0.3, 0.4) is 0 Å². The van der Waals surface area contributed by atoms with Gasteiger partial charge in [-0.25, -0.2) is 0 Å². The van der Waals surface area contributed by atoms with E-state index >= 15 is 0 Å². The summed E-state index contributed by atoms with van der Waals surface area (Å²) in [5.74, 6) is -0.0756. The van der Waals surface area contributed by atoms with E-state index < -0.39 is 6.04 Å². The molecule has 0 bridgehead atoms. The Hall–Kier alpha value is -3.66. The number of carbonyl (C=O) groups is 2. The molecule has 196 valence electrons. The summed E-state index contributed by atoms with van der Waals surface area (Å²) in [4.78, 5) is 30.5. The van der Waals surface area contributed by atoms with Crippen molar-refractivity contribution >= 4 is 22.6 Å². The van der Waals surface area contributed by atoms with Crippen LogP contribution in [0.4, 0.5) is 0 Å². The van der Waals surface area contributed by atoms with Gasteiger partial charge in [0.15, 0.2) is 5.78 Å². The lowest BCUT2D eigenvalue weighted by molar-refractivity contribution is 0.0661. The van der Waals surface area contributed by atoms with Crippen molar-refractivity contribution in [3.05, 3.63) is 105 Å². The van der Waals surface area contributed by atoms with Crippen molar-refractivity contribution in [2.75, 3.05) is 6.54 Å². The Labute approximate surface area is 226 Å². The molecular weight excluding hydrogens is 468 g/mol. The number of nitrogens with zero attached hydrogens (tertiary/aromatic N) is 2. The highest BCUT2D eigenvalue weighted by Crippen LogP contribution is 2.41. The number of hydrogen-bond acceptors (Lipinski definition) is 2. The van der Waals surface area contributed by atoms with Crippen LogP contribution < -0.4 is 0 Å². The Bertz CT molecular complexity index is 1540. The minimum absolute atomic E-state index is 0.0442. The molecule has 1 aliphatic rings. The Morgan fingerprint density at radius 3 is 2.34 bits per heavy atom. The number of likely N-dealkylation sites (tertiary alicyclic amines) is 1. The second-order valence-corrected chi connectivity index (χ2v) is 10.7. The normalized spacial score (nSPS) is 17.4. The number of ketones is 1. The van der Waals surface area contributed by atoms with Gasteiger partial charge in [0.2, 0.25) is 0 Å². The highest BCUT2D eigenvalue weighted by atomic mass is 16.2. The van der Waals surface area contributed by atoms with Crippen LogP contribution in [0.5, 0.6) is 0 Å². The van der Waals surface area contributed by atoms with Crippen LogP contribution in [-0.4, -0.2) is 33.7 Å². The first-order valence-electron chi connectivity index (χ1n) is 13.9. The molecule has 4 heteroatoms. The summed E-state index contributed by atoms with van der Waals surface area (Å²) in [6.07, 6.45) is 3.90. The van der Waals surface area contributed by atoms with Crippen LogP contribution in [0, 0.1) is 27.7 Å². The molecule has 2 unspecified atom stereocenters. The summed E-state index contributed by atoms with van der Waals surface area (Å²) in [7, 11) is 0. The highest BCUT2D eigenvalue weighted by molar-refractivity contribution is 6.07. The van der Waals surface area contributed by atoms with Gasteiger partial charge in [0.25, 0.3) is 5.91 Å². The van der Waals surface area contributed by atoms with Gasteiger partial charge in [0.05, 0.1) is 0 Å². The van der Waals surface area contributed by atoms with Crippen LogP contribution in [-0.2, 0) is 13.0 Å². The Morgan fingerprint density at radius 2 is 1.61 bits per heavy atom. The second-order valence-electron chi connectivity index (χ2n) is 10.7. The third-order valence-corrected chi connectivity index (χ3v) is 8.87. The maximum Gasteiger partial charge on any atom is 0.254 e. The molecule has 5 rings (SSSR count). The van der Waals surface area contributed by atoms with Crippen molar-refractivity contribution in [2.24, 2.45) is 0 Å². The molecule has 2 atom stereocenters. The lowest BCUT2D eigenvalue weighted by atomic mass is 9.84. The number of amides is 1. The van der Waals surface area contributed by atoms with Crippen LogP contribution in [0.2, 0.25) is 0 Å². The molecule has 0 aliphatic carbocycles. The molecule has 0 saturated carbocycles. The van der Waals surface area contributed by atoms with Gasteiger partial charge in [-0.05, 0) is 93.0 Å². The second kappa shape index (κ2) is 10.2. The number of Topliss-reactive ketones (excluding diaryl/α,β-unsaturated/α-hetero) is 1. The van der Waals surface area contributed by atoms with Crippen molar-refractivity contribution in [1.82, 2.24) is 9.47 Å². The van der Waals surface area contributed by atoms with Crippen LogP contribution in [0.1, 0.15) is 80.3 Å². The van der Waals surface area contributed by atoms with Crippen LogP contribution in [0.25, 0.3) is 10.9 Å². The molecule has 4 nitrogen and oxygen atoms in total. The minimum atomic E-state index is -0.552. The number of hydrogen-bond donors (Lipinski definition) is 0. The molecule has 1 aromatic heterocycles. The van der Waals surface area contributed by atoms with Gasteiger partial charge in [-0.15, -0.1) is 0 Å². The topological polar surface area (TPSA) is 42.3 Å². The fourth-order valence-corrected chi connectivity index (χ4v) is 6.33. The van der Waals surface area contributed by atoms with E-state index in [2.05, 4.69) is 61.9 Å². The van der Waals surface area contributed by atoms with Crippen molar-refractivity contribution in [1.29, 1.82) is 0 Å². The molecule has 2 heterocycles. The number of benzene rings is 3. The van der Waals surface area contributed by atoms with Gasteiger partial charge >= 0.3 is 0 Å².